The van der Waals surface area contributed by atoms with E-state index in [1.807, 2.05) is 227 Å². The van der Waals surface area contributed by atoms with Gasteiger partial charge in [0.1, 0.15) is 34.0 Å². The van der Waals surface area contributed by atoms with Gasteiger partial charge in [-0.05, 0) is 147 Å². The van der Waals surface area contributed by atoms with Crippen molar-refractivity contribution in [3.8, 4) is 67.2 Å². The molecular formula is C75H67N18O3-. The minimum Gasteiger partial charge on any atom is -0.864 e. The van der Waals surface area contributed by atoms with Crippen LogP contribution in [0.15, 0.2) is 261 Å². The number of pyridine rings is 3. The second kappa shape index (κ2) is 29.9. The maximum Gasteiger partial charge on any atom is 0.323 e. The van der Waals surface area contributed by atoms with Crippen LogP contribution < -0.4 is 32.1 Å². The third kappa shape index (κ3) is 14.9. The Bertz CT molecular complexity index is 4910. The van der Waals surface area contributed by atoms with Crippen LogP contribution in [0.1, 0.15) is 20.8 Å². The summed E-state index contributed by atoms with van der Waals surface area (Å²) >= 11 is 0. The number of aromatic amines is 3. The number of nitrogen functional groups attached to an aromatic ring is 1. The normalized spacial score (nSPS) is 10.9. The number of anilines is 5. The highest BCUT2D eigenvalue weighted by molar-refractivity contribution is 6.03. The summed E-state index contributed by atoms with van der Waals surface area (Å²) in [5.74, 6) is 0. The highest BCUT2D eigenvalue weighted by Crippen LogP contribution is 2.39. The zero-order chi connectivity index (χ0) is 66.2. The molecule has 0 saturated heterocycles. The summed E-state index contributed by atoms with van der Waals surface area (Å²) in [5, 5.41) is 38.8. The number of nitrogens with one attached hydrogen (secondary N) is 7. The molecule has 6 aromatic carbocycles. The number of rotatable bonds is 14. The number of carbonyl (C=O) groups excluding carboxylic acids is 2. The average Bonchev–Trinajstić information content (AvgIpc) is 1.63. The zero-order valence-electron chi connectivity index (χ0n) is 52.7. The van der Waals surface area contributed by atoms with Crippen molar-refractivity contribution < 1.29 is 14.7 Å². The van der Waals surface area contributed by atoms with Crippen molar-refractivity contribution >= 4 is 85.7 Å². The molecule has 96 heavy (non-hydrogen) atoms. The van der Waals surface area contributed by atoms with Crippen LogP contribution in [0.4, 0.5) is 43.7 Å². The standard InChI is InChI=1S/2C25H22N6O.C18H17N5.C7H7NO/c2*1-2-31-16-22(20-11-13-26-24-21(20)12-14-27-24)23(30-31)17-7-6-10-19(15-17)29-25(32)28-18-8-4-3-5-9-18;1-2-23-11-16(14-6-8-20-18-15(14)7-9-21-18)17(22-23)12-4-3-5-13(19)10-12;9-6-8-7-4-2-1-3-5-7/h2*3-16H,2H2,1H3,(H,26,27)(H2,28,29,32);3-11H,2,19H2,1H3,(H,20,21);1-6H,(H,8,9)/p-1. The molecule has 0 unspecified atom stereocenters. The molecule has 0 aliphatic carbocycles. The minimum atomic E-state index is -0.296. The van der Waals surface area contributed by atoms with Crippen LogP contribution in [0, 0.1) is 0 Å². The summed E-state index contributed by atoms with van der Waals surface area (Å²) in [6.45, 7) is 8.53. The summed E-state index contributed by atoms with van der Waals surface area (Å²) < 4.78 is 5.80. The monoisotopic (exact) mass is 1270 g/mol. The van der Waals surface area contributed by atoms with Gasteiger partial charge in [0, 0.05) is 153 Å². The number of fused-ring (bicyclic) bond motifs is 3. The van der Waals surface area contributed by atoms with Crippen molar-refractivity contribution in [3.63, 3.8) is 0 Å². The van der Waals surface area contributed by atoms with Crippen LogP contribution in [0.2, 0.25) is 0 Å². The third-order valence-electron chi connectivity index (χ3n) is 15.5. The Morgan fingerprint density at radius 3 is 1.14 bits per heavy atom. The summed E-state index contributed by atoms with van der Waals surface area (Å²) in [7, 11) is 0. The molecule has 0 saturated carbocycles. The summed E-state index contributed by atoms with van der Waals surface area (Å²) in [6.07, 6.45) is 17.8. The van der Waals surface area contributed by atoms with Crippen LogP contribution in [0.5, 0.6) is 0 Å². The molecule has 9 N–H and O–H groups in total. The van der Waals surface area contributed by atoms with Crippen LogP contribution in [-0.4, -0.2) is 77.7 Å². The molecule has 9 aromatic heterocycles. The van der Waals surface area contributed by atoms with Gasteiger partial charge in [-0.25, -0.2) is 24.5 Å². The Hall–Kier alpha value is -13.2. The molecule has 15 aromatic rings. The molecule has 9 heterocycles. The molecule has 0 atom stereocenters. The number of carbonyl (C=O) groups is 2. The molecule has 0 aliphatic heterocycles. The number of H-pyrrole nitrogens is 3. The topological polar surface area (TPSA) is 283 Å². The molecular weight excluding hydrogens is 1200 g/mol. The SMILES string of the molecule is CCn1cc(-c2ccnc3[nH]ccc23)c(-c2cccc(N)c2)n1.CCn1cc(-c2ccnc3[nH]ccc23)c(-c2cccc(NC(=O)Nc3ccccc3)c2)n1.CCn1cc(-c2ccnc3[nH]ccc23)c(-c2cccc(NC(=O)Nc3ccccc3)c2)n1.[O-]C=Nc1ccccc1. The molecule has 0 fully saturated rings. The highest BCUT2D eigenvalue weighted by Gasteiger charge is 2.20. The van der Waals surface area contributed by atoms with Crippen molar-refractivity contribution in [1.29, 1.82) is 0 Å². The van der Waals surface area contributed by atoms with Gasteiger partial charge in [-0.3, -0.25) is 19.0 Å². The maximum atomic E-state index is 12.4. The lowest BCUT2D eigenvalue weighted by Gasteiger charge is -2.09. The molecule has 0 bridgehead atoms. The van der Waals surface area contributed by atoms with E-state index in [1.165, 1.54) is 0 Å². The predicted molar refractivity (Wildman–Crippen MR) is 382 cm³/mol. The Labute approximate surface area is 552 Å². The second-order valence-corrected chi connectivity index (χ2v) is 21.8. The first-order valence-electron chi connectivity index (χ1n) is 31.1. The van der Waals surface area contributed by atoms with Crippen molar-refractivity contribution in [1.82, 2.24) is 59.2 Å². The van der Waals surface area contributed by atoms with Crippen LogP contribution in [0.25, 0.3) is 100 Å². The predicted octanol–water partition coefficient (Wildman–Crippen LogP) is 15.9. The number of amides is 4. The Balaban J connectivity index is 0.000000130. The number of aliphatic imine (C=N–C) groups is 1. The minimum absolute atomic E-state index is 0.296. The Morgan fingerprint density at radius 2 is 0.771 bits per heavy atom. The van der Waals surface area contributed by atoms with Gasteiger partial charge < -0.3 is 47.1 Å². The van der Waals surface area contributed by atoms with E-state index < -0.39 is 0 Å². The number of aryl methyl sites for hydroxylation is 3. The number of nitrogens with two attached hydrogens (primary N) is 1. The van der Waals surface area contributed by atoms with E-state index in [9.17, 15) is 14.7 Å². The van der Waals surface area contributed by atoms with Gasteiger partial charge in [-0.2, -0.15) is 15.3 Å². The number of benzene rings is 6. The van der Waals surface area contributed by atoms with Gasteiger partial charge >= 0.3 is 12.1 Å². The number of para-hydroxylation sites is 3. The first-order chi connectivity index (χ1) is 47.1. The fourth-order valence-electron chi connectivity index (χ4n) is 10.9. The molecule has 15 rings (SSSR count). The Kier molecular flexibility index (Phi) is 19.6. The first-order valence-corrected chi connectivity index (χ1v) is 31.1. The van der Waals surface area contributed by atoms with E-state index in [4.69, 9.17) is 21.0 Å². The second-order valence-electron chi connectivity index (χ2n) is 21.8. The van der Waals surface area contributed by atoms with Crippen LogP contribution in [-0.2, 0) is 19.6 Å². The van der Waals surface area contributed by atoms with Crippen molar-refractivity contribution in [2.75, 3.05) is 27.0 Å². The summed E-state index contributed by atoms with van der Waals surface area (Å²) in [5.41, 5.74) is 24.7. The molecule has 0 spiro atoms. The van der Waals surface area contributed by atoms with Gasteiger partial charge in [-0.15, -0.1) is 0 Å². The van der Waals surface area contributed by atoms with Crippen molar-refractivity contribution in [2.45, 2.75) is 40.4 Å². The van der Waals surface area contributed by atoms with Gasteiger partial charge in [0.05, 0.1) is 5.69 Å². The summed E-state index contributed by atoms with van der Waals surface area (Å²) in [4.78, 5) is 51.1. The molecule has 0 aliphatic rings. The zero-order valence-corrected chi connectivity index (χ0v) is 52.7. The smallest absolute Gasteiger partial charge is 0.323 e. The van der Waals surface area contributed by atoms with E-state index in [0.29, 0.717) is 23.5 Å². The lowest BCUT2D eigenvalue weighted by atomic mass is 10.00. The highest BCUT2D eigenvalue weighted by atomic mass is 16.3. The van der Waals surface area contributed by atoms with Gasteiger partial charge in [0.25, 0.3) is 0 Å². The summed E-state index contributed by atoms with van der Waals surface area (Å²) in [6, 6.07) is 62.6. The quantitative estimate of drug-likeness (QED) is 0.0289. The van der Waals surface area contributed by atoms with E-state index in [1.54, 1.807) is 24.5 Å². The number of hydrogen-bond acceptors (Lipinski definition) is 11. The maximum absolute atomic E-state index is 12.4. The molecule has 21 nitrogen and oxygen atoms in total. The molecule has 476 valence electrons. The van der Waals surface area contributed by atoms with Crippen LogP contribution in [0.3, 0.4) is 0 Å². The number of hydrogen-bond donors (Lipinski definition) is 8. The van der Waals surface area contributed by atoms with Crippen molar-refractivity contribution in [2.24, 2.45) is 4.99 Å². The fraction of sp³-hybridized carbons (Fsp3) is 0.0800. The third-order valence-corrected chi connectivity index (χ3v) is 15.5. The van der Waals surface area contributed by atoms with Gasteiger partial charge in [0.15, 0.2) is 0 Å². The van der Waals surface area contributed by atoms with E-state index in [-0.39, 0.29) is 12.1 Å². The first kappa shape index (κ1) is 63.0. The lowest BCUT2D eigenvalue weighted by molar-refractivity contribution is -0.200. The van der Waals surface area contributed by atoms with Gasteiger partial charge in [-0.1, -0.05) is 97.4 Å². The number of nitrogens with zero attached hydrogens (tertiary/aromatic N) is 10. The van der Waals surface area contributed by atoms with E-state index in [2.05, 4.69) is 95.5 Å². The molecule has 0 radical (unpaired) electrons. The number of urea groups is 2. The van der Waals surface area contributed by atoms with Gasteiger partial charge in [0.2, 0.25) is 0 Å². The largest absolute Gasteiger partial charge is 0.864 e. The van der Waals surface area contributed by atoms with Crippen LogP contribution >= 0.6 is 0 Å². The van der Waals surface area contributed by atoms with E-state index >= 15 is 0 Å². The lowest BCUT2D eigenvalue weighted by Crippen LogP contribution is -2.19. The van der Waals surface area contributed by atoms with E-state index in [0.717, 1.165) is 137 Å². The number of aromatic nitrogens is 12. The molecule has 4 amide bonds. The van der Waals surface area contributed by atoms with Crippen molar-refractivity contribution in [3.05, 3.63) is 256 Å². The molecule has 21 heteroatoms. The average molecular weight is 1270 g/mol. The fourth-order valence-corrected chi connectivity index (χ4v) is 10.9. The Morgan fingerprint density at radius 1 is 0.427 bits per heavy atom.